The predicted octanol–water partition coefficient (Wildman–Crippen LogP) is 3.47. The van der Waals surface area contributed by atoms with Gasteiger partial charge in [0, 0.05) is 0 Å². The van der Waals surface area contributed by atoms with Gasteiger partial charge in [0.05, 0.1) is 7.85 Å². The van der Waals surface area contributed by atoms with Crippen LogP contribution in [0.1, 0.15) is 58.3 Å². The molecule has 0 aliphatic heterocycles. The fourth-order valence-electron chi connectivity index (χ4n) is 1.96. The van der Waals surface area contributed by atoms with Crippen LogP contribution >= 0.6 is 0 Å². The lowest BCUT2D eigenvalue weighted by molar-refractivity contribution is 0.388. The van der Waals surface area contributed by atoms with Crippen molar-refractivity contribution in [1.82, 2.24) is 0 Å². The molecule has 1 heteroatoms. The van der Waals surface area contributed by atoms with E-state index >= 15 is 0 Å². The molecule has 2 radical (unpaired) electrons. The largest absolute Gasteiger partial charge is 0.0746 e. The van der Waals surface area contributed by atoms with Gasteiger partial charge in [-0.15, -0.1) is 0 Å². The van der Waals surface area contributed by atoms with E-state index < -0.39 is 0 Å². The highest BCUT2D eigenvalue weighted by molar-refractivity contribution is 6.15. The maximum Gasteiger partial charge on any atom is 0.0746 e. The lowest BCUT2D eigenvalue weighted by Gasteiger charge is -2.30. The molecule has 0 unspecified atom stereocenters. The minimum absolute atomic E-state index is 0.195. The minimum Gasteiger partial charge on any atom is -0.0663 e. The van der Waals surface area contributed by atoms with E-state index in [0.29, 0.717) is 0 Å². The van der Waals surface area contributed by atoms with E-state index in [1.54, 1.807) is 0 Å². The van der Waals surface area contributed by atoms with Crippen LogP contribution in [0.15, 0.2) is 0 Å². The zero-order valence-corrected chi connectivity index (χ0v) is 7.73. The van der Waals surface area contributed by atoms with Crippen molar-refractivity contribution in [3.05, 3.63) is 0 Å². The van der Waals surface area contributed by atoms with Gasteiger partial charge in [-0.1, -0.05) is 63.6 Å². The van der Waals surface area contributed by atoms with Gasteiger partial charge >= 0.3 is 0 Å². The second-order valence-electron chi connectivity index (χ2n) is 3.98. The molecular formula is C10H19B. The van der Waals surface area contributed by atoms with Gasteiger partial charge in [0.15, 0.2) is 0 Å². The Morgan fingerprint density at radius 3 is 1.91 bits per heavy atom. The third-order valence-corrected chi connectivity index (χ3v) is 3.05. The van der Waals surface area contributed by atoms with E-state index in [1.807, 2.05) is 0 Å². The summed E-state index contributed by atoms with van der Waals surface area (Å²) in [6, 6.07) is 0. The SMILES string of the molecule is [B]C1(CC)CCCCCCC1. The van der Waals surface area contributed by atoms with Crippen LogP contribution in [0.4, 0.5) is 0 Å². The Kier molecular flexibility index (Phi) is 3.48. The molecular weight excluding hydrogens is 131 g/mol. The van der Waals surface area contributed by atoms with E-state index in [2.05, 4.69) is 6.92 Å². The molecule has 0 aromatic rings. The monoisotopic (exact) mass is 150 g/mol. The van der Waals surface area contributed by atoms with Crippen LogP contribution in [-0.4, -0.2) is 7.85 Å². The van der Waals surface area contributed by atoms with Crippen molar-refractivity contribution in [3.63, 3.8) is 0 Å². The highest BCUT2D eigenvalue weighted by Crippen LogP contribution is 2.40. The minimum atomic E-state index is 0.195. The summed E-state index contributed by atoms with van der Waals surface area (Å²) in [7, 11) is 6.23. The lowest BCUT2D eigenvalue weighted by Crippen LogP contribution is -2.13. The summed E-state index contributed by atoms with van der Waals surface area (Å²) < 4.78 is 0. The molecule has 0 nitrogen and oxygen atoms in total. The molecule has 1 fully saturated rings. The first-order chi connectivity index (χ1) is 5.27. The van der Waals surface area contributed by atoms with Gasteiger partial charge in [0.25, 0.3) is 0 Å². The second kappa shape index (κ2) is 4.18. The van der Waals surface area contributed by atoms with E-state index in [9.17, 15) is 0 Å². The first-order valence-corrected chi connectivity index (χ1v) is 5.06. The number of hydrogen-bond acceptors (Lipinski definition) is 0. The molecule has 0 aromatic heterocycles. The fraction of sp³-hybridized carbons (Fsp3) is 1.00. The summed E-state index contributed by atoms with van der Waals surface area (Å²) in [6.45, 7) is 2.22. The van der Waals surface area contributed by atoms with Crippen LogP contribution in [0.2, 0.25) is 5.31 Å². The molecule has 0 bridgehead atoms. The Bertz CT molecular complexity index is 101. The molecule has 0 saturated heterocycles. The average molecular weight is 150 g/mol. The van der Waals surface area contributed by atoms with Gasteiger partial charge in [0.2, 0.25) is 0 Å². The zero-order valence-electron chi connectivity index (χ0n) is 7.73. The average Bonchev–Trinajstić information content (AvgIpc) is 1.98. The van der Waals surface area contributed by atoms with Crippen molar-refractivity contribution in [2.75, 3.05) is 0 Å². The molecule has 0 aromatic carbocycles. The van der Waals surface area contributed by atoms with Gasteiger partial charge in [-0.25, -0.2) is 0 Å². The maximum absolute atomic E-state index is 6.23. The summed E-state index contributed by atoms with van der Waals surface area (Å²) in [5.74, 6) is 0. The van der Waals surface area contributed by atoms with Crippen LogP contribution in [0.3, 0.4) is 0 Å². The Hall–Kier alpha value is 0.0649. The maximum atomic E-state index is 6.23. The van der Waals surface area contributed by atoms with Crippen molar-refractivity contribution >= 4 is 7.85 Å². The first kappa shape index (κ1) is 9.16. The molecule has 0 N–H and O–H groups in total. The van der Waals surface area contributed by atoms with Gasteiger partial charge in [-0.2, -0.15) is 0 Å². The van der Waals surface area contributed by atoms with Crippen LogP contribution in [0, 0.1) is 0 Å². The van der Waals surface area contributed by atoms with Crippen molar-refractivity contribution in [1.29, 1.82) is 0 Å². The summed E-state index contributed by atoms with van der Waals surface area (Å²) >= 11 is 0. The van der Waals surface area contributed by atoms with Crippen molar-refractivity contribution in [2.45, 2.75) is 63.6 Å². The van der Waals surface area contributed by atoms with E-state index in [0.717, 1.165) is 6.42 Å². The Balaban J connectivity index is 2.37. The summed E-state index contributed by atoms with van der Waals surface area (Å²) in [6.07, 6.45) is 10.6. The first-order valence-electron chi connectivity index (χ1n) is 5.06. The molecule has 0 atom stereocenters. The normalized spacial score (nSPS) is 25.5. The standard InChI is InChI=1S/C10H19B/c1-2-10(11)8-6-4-3-5-7-9-10/h2-9H2,1H3. The van der Waals surface area contributed by atoms with E-state index in [1.165, 1.54) is 44.9 Å². The Morgan fingerprint density at radius 1 is 1.00 bits per heavy atom. The van der Waals surface area contributed by atoms with Crippen LogP contribution < -0.4 is 0 Å². The topological polar surface area (TPSA) is 0 Å². The molecule has 0 spiro atoms. The van der Waals surface area contributed by atoms with Gasteiger partial charge in [-0.3, -0.25) is 0 Å². The number of hydrogen-bond donors (Lipinski definition) is 0. The lowest BCUT2D eigenvalue weighted by atomic mass is 9.60. The van der Waals surface area contributed by atoms with Gasteiger partial charge in [-0.05, 0) is 0 Å². The van der Waals surface area contributed by atoms with Crippen LogP contribution in [0.5, 0.6) is 0 Å². The summed E-state index contributed by atoms with van der Waals surface area (Å²) in [5, 5.41) is 0.195. The second-order valence-corrected chi connectivity index (χ2v) is 3.98. The fourth-order valence-corrected chi connectivity index (χ4v) is 1.96. The van der Waals surface area contributed by atoms with Crippen molar-refractivity contribution in [3.8, 4) is 0 Å². The van der Waals surface area contributed by atoms with Gasteiger partial charge in [0.1, 0.15) is 0 Å². The Labute approximate surface area is 72.2 Å². The molecule has 0 amide bonds. The van der Waals surface area contributed by atoms with E-state index in [-0.39, 0.29) is 5.31 Å². The highest BCUT2D eigenvalue weighted by Gasteiger charge is 2.21. The van der Waals surface area contributed by atoms with E-state index in [4.69, 9.17) is 7.85 Å². The van der Waals surface area contributed by atoms with Gasteiger partial charge < -0.3 is 0 Å². The Morgan fingerprint density at radius 2 is 1.45 bits per heavy atom. The summed E-state index contributed by atoms with van der Waals surface area (Å²) in [4.78, 5) is 0. The molecule has 62 valence electrons. The highest BCUT2D eigenvalue weighted by atomic mass is 14.2. The molecule has 11 heavy (non-hydrogen) atoms. The molecule has 1 rings (SSSR count). The van der Waals surface area contributed by atoms with Crippen LogP contribution in [0.25, 0.3) is 0 Å². The quantitative estimate of drug-likeness (QED) is 0.502. The van der Waals surface area contributed by atoms with Crippen molar-refractivity contribution < 1.29 is 0 Å². The predicted molar refractivity (Wildman–Crippen MR) is 51.1 cm³/mol. The third kappa shape index (κ3) is 2.88. The molecule has 1 saturated carbocycles. The molecule has 0 heterocycles. The zero-order chi connectivity index (χ0) is 8.16. The molecule has 1 aliphatic carbocycles. The molecule has 1 aliphatic rings. The number of rotatable bonds is 1. The summed E-state index contributed by atoms with van der Waals surface area (Å²) in [5.41, 5.74) is 0. The third-order valence-electron chi connectivity index (χ3n) is 3.05. The van der Waals surface area contributed by atoms with Crippen molar-refractivity contribution in [2.24, 2.45) is 0 Å². The van der Waals surface area contributed by atoms with Crippen LogP contribution in [-0.2, 0) is 0 Å². The smallest absolute Gasteiger partial charge is 0.0663 e.